The van der Waals surface area contributed by atoms with Crippen LogP contribution in [0, 0.1) is 12.8 Å². The zero-order valence-corrected chi connectivity index (χ0v) is 12.6. The largest absolute Gasteiger partial charge is 0.369 e. The number of benzene rings is 1. The summed E-state index contributed by atoms with van der Waals surface area (Å²) in [6, 6.07) is 6.97. The fraction of sp³-hybridized carbons (Fsp3) is 0.562. The highest BCUT2D eigenvalue weighted by atomic mass is 16.1. The normalized spacial score (nSPS) is 22.9. The fourth-order valence-electron chi connectivity index (χ4n) is 3.00. The number of hydrogen-bond acceptors (Lipinski definition) is 3. The molecule has 1 aromatic rings. The van der Waals surface area contributed by atoms with E-state index in [2.05, 4.69) is 42.3 Å². The molecule has 1 amide bonds. The second-order valence-corrected chi connectivity index (χ2v) is 5.84. The number of primary amides is 1. The summed E-state index contributed by atoms with van der Waals surface area (Å²) in [7, 11) is 1.96. The van der Waals surface area contributed by atoms with Crippen LogP contribution in [0.4, 0.5) is 5.69 Å². The van der Waals surface area contributed by atoms with Crippen molar-refractivity contribution in [1.29, 1.82) is 0 Å². The maximum Gasteiger partial charge on any atom is 0.222 e. The Hall–Kier alpha value is -1.55. The third-order valence-corrected chi connectivity index (χ3v) is 4.20. The lowest BCUT2D eigenvalue weighted by atomic mass is 9.91. The van der Waals surface area contributed by atoms with Crippen molar-refractivity contribution in [2.24, 2.45) is 11.7 Å². The molecule has 4 heteroatoms. The molecule has 1 aliphatic rings. The van der Waals surface area contributed by atoms with Crippen LogP contribution in [0.1, 0.15) is 30.9 Å². The molecule has 1 aromatic carbocycles. The zero-order chi connectivity index (χ0) is 14.7. The Kier molecular flexibility index (Phi) is 4.65. The second-order valence-electron chi connectivity index (χ2n) is 5.84. The van der Waals surface area contributed by atoms with Gasteiger partial charge in [0.05, 0.1) is 5.92 Å². The van der Waals surface area contributed by atoms with E-state index in [1.165, 1.54) is 16.8 Å². The molecule has 4 nitrogen and oxygen atoms in total. The first-order valence-corrected chi connectivity index (χ1v) is 7.33. The predicted octanol–water partition coefficient (Wildman–Crippen LogP) is 1.80. The van der Waals surface area contributed by atoms with Crippen molar-refractivity contribution in [2.75, 3.05) is 18.5 Å². The number of rotatable bonds is 4. The van der Waals surface area contributed by atoms with Crippen LogP contribution in [0.15, 0.2) is 18.2 Å². The molecule has 1 saturated heterocycles. The standard InChI is InChI=1S/C16H25N3O/c1-11-4-7-15(14(8-11)9-18-3)19-10-13(16(17)20)6-5-12(19)2/h4,7-8,12-13,18H,5-6,9-10H2,1-3H3,(H2,17,20). The summed E-state index contributed by atoms with van der Waals surface area (Å²) < 4.78 is 0. The van der Waals surface area contributed by atoms with E-state index in [4.69, 9.17) is 5.73 Å². The third kappa shape index (κ3) is 3.12. The Bertz CT molecular complexity index is 487. The number of piperidine rings is 1. The van der Waals surface area contributed by atoms with Crippen LogP contribution in [0.25, 0.3) is 0 Å². The first-order valence-electron chi connectivity index (χ1n) is 7.33. The van der Waals surface area contributed by atoms with E-state index in [1.54, 1.807) is 0 Å². The van der Waals surface area contributed by atoms with E-state index in [0.29, 0.717) is 6.04 Å². The van der Waals surface area contributed by atoms with E-state index < -0.39 is 0 Å². The van der Waals surface area contributed by atoms with E-state index in [1.807, 2.05) is 7.05 Å². The van der Waals surface area contributed by atoms with Gasteiger partial charge in [-0.15, -0.1) is 0 Å². The molecule has 1 heterocycles. The molecule has 2 atom stereocenters. The number of carbonyl (C=O) groups excluding carboxylic acids is 1. The summed E-state index contributed by atoms with van der Waals surface area (Å²) in [5, 5.41) is 3.22. The third-order valence-electron chi connectivity index (χ3n) is 4.20. The molecule has 0 aliphatic carbocycles. The highest BCUT2D eigenvalue weighted by Crippen LogP contribution is 2.30. The van der Waals surface area contributed by atoms with Gasteiger partial charge in [0.15, 0.2) is 0 Å². The smallest absolute Gasteiger partial charge is 0.222 e. The molecule has 0 bridgehead atoms. The minimum atomic E-state index is -0.177. The van der Waals surface area contributed by atoms with Crippen molar-refractivity contribution in [3.63, 3.8) is 0 Å². The number of nitrogens with zero attached hydrogens (tertiary/aromatic N) is 1. The highest BCUT2D eigenvalue weighted by molar-refractivity contribution is 5.78. The maximum atomic E-state index is 11.5. The summed E-state index contributed by atoms with van der Waals surface area (Å²) in [5.41, 5.74) is 9.26. The molecule has 1 fully saturated rings. The number of hydrogen-bond donors (Lipinski definition) is 2. The molecule has 0 radical (unpaired) electrons. The van der Waals surface area contributed by atoms with Crippen molar-refractivity contribution in [2.45, 2.75) is 39.3 Å². The van der Waals surface area contributed by atoms with Crippen LogP contribution in [0.3, 0.4) is 0 Å². The molecule has 1 aliphatic heterocycles. The van der Waals surface area contributed by atoms with Crippen LogP contribution in [0.2, 0.25) is 0 Å². The molecule has 110 valence electrons. The monoisotopic (exact) mass is 275 g/mol. The number of nitrogens with one attached hydrogen (secondary N) is 1. The van der Waals surface area contributed by atoms with Crippen LogP contribution < -0.4 is 16.0 Å². The van der Waals surface area contributed by atoms with Crippen molar-refractivity contribution in [3.05, 3.63) is 29.3 Å². The van der Waals surface area contributed by atoms with Crippen LogP contribution in [0.5, 0.6) is 0 Å². The molecule has 2 rings (SSSR count). The van der Waals surface area contributed by atoms with Gasteiger partial charge in [0, 0.05) is 24.8 Å². The van der Waals surface area contributed by atoms with Gasteiger partial charge >= 0.3 is 0 Å². The minimum absolute atomic E-state index is 0.0325. The molecular formula is C16H25N3O. The lowest BCUT2D eigenvalue weighted by Gasteiger charge is -2.39. The SMILES string of the molecule is CNCc1cc(C)ccc1N1CC(C(N)=O)CCC1C. The number of aryl methyl sites for hydroxylation is 1. The summed E-state index contributed by atoms with van der Waals surface area (Å²) in [4.78, 5) is 13.8. The van der Waals surface area contributed by atoms with Crippen LogP contribution in [-0.2, 0) is 11.3 Å². The maximum absolute atomic E-state index is 11.5. The second kappa shape index (κ2) is 6.27. The summed E-state index contributed by atoms with van der Waals surface area (Å²) in [6.45, 7) is 5.90. The van der Waals surface area contributed by atoms with Gasteiger partial charge in [0.25, 0.3) is 0 Å². The first kappa shape index (κ1) is 14.9. The number of amides is 1. The lowest BCUT2D eigenvalue weighted by Crippen LogP contribution is -2.46. The molecule has 3 N–H and O–H groups in total. The molecule has 0 spiro atoms. The van der Waals surface area contributed by atoms with Gasteiger partial charge in [0.1, 0.15) is 0 Å². The first-order chi connectivity index (χ1) is 9.52. The Morgan fingerprint density at radius 3 is 2.85 bits per heavy atom. The van der Waals surface area contributed by atoms with E-state index in [9.17, 15) is 4.79 Å². The minimum Gasteiger partial charge on any atom is -0.369 e. The Morgan fingerprint density at radius 1 is 1.45 bits per heavy atom. The van der Waals surface area contributed by atoms with Crippen molar-refractivity contribution in [1.82, 2.24) is 5.32 Å². The summed E-state index contributed by atoms with van der Waals surface area (Å²) in [5.74, 6) is -0.209. The van der Waals surface area contributed by atoms with Gasteiger partial charge in [-0.05, 0) is 45.4 Å². The molecule has 0 aromatic heterocycles. The topological polar surface area (TPSA) is 58.4 Å². The summed E-state index contributed by atoms with van der Waals surface area (Å²) in [6.07, 6.45) is 1.92. The predicted molar refractivity (Wildman–Crippen MR) is 82.7 cm³/mol. The Labute approximate surface area is 121 Å². The number of carbonyl (C=O) groups is 1. The quantitative estimate of drug-likeness (QED) is 0.881. The Morgan fingerprint density at radius 2 is 2.20 bits per heavy atom. The average molecular weight is 275 g/mol. The fourth-order valence-corrected chi connectivity index (χ4v) is 3.00. The average Bonchev–Trinajstić information content (AvgIpc) is 2.40. The Balaban J connectivity index is 2.30. The molecule has 0 saturated carbocycles. The van der Waals surface area contributed by atoms with Crippen molar-refractivity contribution in [3.8, 4) is 0 Å². The van der Waals surface area contributed by atoms with Crippen molar-refractivity contribution >= 4 is 11.6 Å². The lowest BCUT2D eigenvalue weighted by molar-refractivity contribution is -0.122. The highest BCUT2D eigenvalue weighted by Gasteiger charge is 2.29. The van der Waals surface area contributed by atoms with E-state index in [0.717, 1.165) is 25.9 Å². The van der Waals surface area contributed by atoms with Crippen LogP contribution >= 0.6 is 0 Å². The number of nitrogens with two attached hydrogens (primary N) is 1. The van der Waals surface area contributed by atoms with E-state index in [-0.39, 0.29) is 11.8 Å². The van der Waals surface area contributed by atoms with Gasteiger partial charge in [0.2, 0.25) is 5.91 Å². The van der Waals surface area contributed by atoms with Gasteiger partial charge in [-0.3, -0.25) is 4.79 Å². The molecular weight excluding hydrogens is 250 g/mol. The number of anilines is 1. The zero-order valence-electron chi connectivity index (χ0n) is 12.6. The van der Waals surface area contributed by atoms with Gasteiger partial charge in [-0.25, -0.2) is 0 Å². The van der Waals surface area contributed by atoms with Gasteiger partial charge in [-0.1, -0.05) is 17.7 Å². The van der Waals surface area contributed by atoms with Gasteiger partial charge in [-0.2, -0.15) is 0 Å². The van der Waals surface area contributed by atoms with E-state index >= 15 is 0 Å². The molecule has 2 unspecified atom stereocenters. The summed E-state index contributed by atoms with van der Waals surface area (Å²) >= 11 is 0. The van der Waals surface area contributed by atoms with Crippen molar-refractivity contribution < 1.29 is 4.79 Å². The van der Waals surface area contributed by atoms with Crippen LogP contribution in [-0.4, -0.2) is 25.5 Å². The molecule has 20 heavy (non-hydrogen) atoms. The van der Waals surface area contributed by atoms with Gasteiger partial charge < -0.3 is 16.0 Å².